The maximum absolute atomic E-state index is 11.9. The summed E-state index contributed by atoms with van der Waals surface area (Å²) in [5, 5.41) is 2.83. The van der Waals surface area contributed by atoms with Gasteiger partial charge in [0.15, 0.2) is 0 Å². The Balaban J connectivity index is 1.91. The number of imidazole rings is 1. The van der Waals surface area contributed by atoms with Crippen LogP contribution in [0, 0.1) is 0 Å². The van der Waals surface area contributed by atoms with E-state index in [2.05, 4.69) is 26.2 Å². The Hall–Kier alpha value is -1.66. The molecule has 1 heterocycles. The molecule has 19 heavy (non-hydrogen) atoms. The smallest absolute Gasteiger partial charge is 0.271 e. The minimum atomic E-state index is -0.182. The van der Waals surface area contributed by atoms with E-state index < -0.39 is 0 Å². The van der Waals surface area contributed by atoms with Crippen LogP contribution in [0.5, 0.6) is 0 Å². The van der Waals surface area contributed by atoms with Gasteiger partial charge >= 0.3 is 0 Å². The van der Waals surface area contributed by atoms with Crippen molar-refractivity contribution in [2.24, 2.45) is 5.73 Å². The number of benzene rings is 1. The lowest BCUT2D eigenvalue weighted by Gasteiger charge is -2.03. The molecule has 0 bridgehead atoms. The molecule has 6 heteroatoms. The minimum absolute atomic E-state index is 0.182. The van der Waals surface area contributed by atoms with Crippen molar-refractivity contribution in [2.45, 2.75) is 13.1 Å². The fourth-order valence-electron chi connectivity index (χ4n) is 1.62. The van der Waals surface area contributed by atoms with E-state index in [1.165, 1.54) is 0 Å². The molecular weight excluding hydrogens is 308 g/mol. The highest BCUT2D eigenvalue weighted by Gasteiger charge is 2.08. The predicted octanol–water partition coefficient (Wildman–Crippen LogP) is 1.53. The highest BCUT2D eigenvalue weighted by atomic mass is 79.9. The van der Waals surface area contributed by atoms with E-state index in [1.807, 2.05) is 24.3 Å². The molecule has 3 N–H and O–H groups in total. The Bertz CT molecular complexity index is 550. The molecule has 5 nitrogen and oxygen atoms in total. The third-order valence-corrected chi connectivity index (χ3v) is 3.15. The molecule has 0 unspecified atom stereocenters. The quantitative estimate of drug-likeness (QED) is 0.876. The van der Waals surface area contributed by atoms with E-state index in [9.17, 15) is 4.79 Å². The van der Waals surface area contributed by atoms with Crippen molar-refractivity contribution < 1.29 is 4.79 Å². The zero-order chi connectivity index (χ0) is 13.7. The largest absolute Gasteiger partial charge is 0.347 e. The van der Waals surface area contributed by atoms with Crippen molar-refractivity contribution in [3.63, 3.8) is 0 Å². The molecule has 0 radical (unpaired) electrons. The molecule has 0 spiro atoms. The van der Waals surface area contributed by atoms with Crippen molar-refractivity contribution >= 4 is 21.8 Å². The average Bonchev–Trinajstić information content (AvgIpc) is 2.87. The number of aromatic nitrogens is 2. The number of carbonyl (C=O) groups excluding carboxylic acids is 1. The number of hydrogen-bond donors (Lipinski definition) is 2. The molecule has 1 amide bonds. The summed E-state index contributed by atoms with van der Waals surface area (Å²) in [6.45, 7) is 1.67. The van der Waals surface area contributed by atoms with Crippen LogP contribution in [0.15, 0.2) is 41.3 Å². The minimum Gasteiger partial charge on any atom is -0.347 e. The van der Waals surface area contributed by atoms with Crippen LogP contribution in [-0.4, -0.2) is 22.0 Å². The van der Waals surface area contributed by atoms with Gasteiger partial charge in [0.1, 0.15) is 5.69 Å². The molecule has 1 aromatic carbocycles. The molecule has 0 aliphatic rings. The number of halogens is 1. The third-order valence-electron chi connectivity index (χ3n) is 2.62. The zero-order valence-corrected chi connectivity index (χ0v) is 11.9. The van der Waals surface area contributed by atoms with Crippen LogP contribution < -0.4 is 11.1 Å². The molecule has 0 fully saturated rings. The normalized spacial score (nSPS) is 10.4. The first-order valence-corrected chi connectivity index (χ1v) is 6.73. The highest BCUT2D eigenvalue weighted by molar-refractivity contribution is 9.10. The van der Waals surface area contributed by atoms with Gasteiger partial charge in [-0.15, -0.1) is 0 Å². The van der Waals surface area contributed by atoms with E-state index >= 15 is 0 Å². The highest BCUT2D eigenvalue weighted by Crippen LogP contribution is 2.10. The Morgan fingerprint density at radius 3 is 2.79 bits per heavy atom. The van der Waals surface area contributed by atoms with Gasteiger partial charge in [-0.2, -0.15) is 0 Å². The van der Waals surface area contributed by atoms with Gasteiger partial charge in [-0.1, -0.05) is 28.1 Å². The Labute approximate surface area is 120 Å². The lowest BCUT2D eigenvalue weighted by molar-refractivity contribution is 0.0946. The monoisotopic (exact) mass is 322 g/mol. The molecule has 2 aromatic rings. The maximum atomic E-state index is 11.9. The van der Waals surface area contributed by atoms with Crippen molar-refractivity contribution in [1.29, 1.82) is 0 Å². The van der Waals surface area contributed by atoms with Gasteiger partial charge in [0.05, 0.1) is 6.33 Å². The van der Waals surface area contributed by atoms with Crippen LogP contribution in [0.2, 0.25) is 0 Å². The predicted molar refractivity (Wildman–Crippen MR) is 76.6 cm³/mol. The van der Waals surface area contributed by atoms with Gasteiger partial charge in [-0.05, 0) is 17.7 Å². The van der Waals surface area contributed by atoms with Crippen molar-refractivity contribution in [1.82, 2.24) is 14.9 Å². The number of nitrogens with zero attached hydrogens (tertiary/aromatic N) is 2. The Morgan fingerprint density at radius 2 is 2.11 bits per heavy atom. The summed E-state index contributed by atoms with van der Waals surface area (Å²) in [7, 11) is 0. The topological polar surface area (TPSA) is 72.9 Å². The molecule has 1 aromatic heterocycles. The third kappa shape index (κ3) is 3.90. The van der Waals surface area contributed by atoms with E-state index in [4.69, 9.17) is 5.73 Å². The number of rotatable bonds is 5. The summed E-state index contributed by atoms with van der Waals surface area (Å²) in [5.74, 6) is -0.182. The number of nitrogens with one attached hydrogen (secondary N) is 1. The summed E-state index contributed by atoms with van der Waals surface area (Å²) in [5.41, 5.74) is 6.89. The van der Waals surface area contributed by atoms with Gasteiger partial charge in [-0.25, -0.2) is 4.98 Å². The van der Waals surface area contributed by atoms with E-state index in [0.29, 0.717) is 25.3 Å². The lowest BCUT2D eigenvalue weighted by atomic mass is 10.2. The number of amides is 1. The summed E-state index contributed by atoms with van der Waals surface area (Å²) >= 11 is 3.37. The van der Waals surface area contributed by atoms with Crippen LogP contribution in [0.25, 0.3) is 0 Å². The van der Waals surface area contributed by atoms with Crippen LogP contribution in [0.3, 0.4) is 0 Å². The Kier molecular flexibility index (Phi) is 4.70. The zero-order valence-electron chi connectivity index (χ0n) is 10.3. The van der Waals surface area contributed by atoms with Crippen molar-refractivity contribution in [3.8, 4) is 0 Å². The van der Waals surface area contributed by atoms with Crippen molar-refractivity contribution in [3.05, 3.63) is 52.5 Å². The van der Waals surface area contributed by atoms with Crippen LogP contribution in [0.4, 0.5) is 0 Å². The number of nitrogens with two attached hydrogens (primary N) is 1. The summed E-state index contributed by atoms with van der Waals surface area (Å²) in [4.78, 5) is 15.9. The molecule has 0 atom stereocenters. The molecule has 2 rings (SSSR count). The van der Waals surface area contributed by atoms with Crippen LogP contribution in [0.1, 0.15) is 16.1 Å². The first-order chi connectivity index (χ1) is 9.19. The second kappa shape index (κ2) is 6.49. The molecule has 0 aliphatic carbocycles. The van der Waals surface area contributed by atoms with Gasteiger partial charge in [0, 0.05) is 30.3 Å². The maximum Gasteiger partial charge on any atom is 0.271 e. The summed E-state index contributed by atoms with van der Waals surface area (Å²) in [6, 6.07) is 7.80. The van der Waals surface area contributed by atoms with Crippen LogP contribution >= 0.6 is 15.9 Å². The van der Waals surface area contributed by atoms with E-state index in [0.717, 1.165) is 10.0 Å². The fourth-order valence-corrected chi connectivity index (χ4v) is 1.89. The first-order valence-electron chi connectivity index (χ1n) is 5.93. The summed E-state index contributed by atoms with van der Waals surface area (Å²) in [6.07, 6.45) is 3.31. The van der Waals surface area contributed by atoms with Gasteiger partial charge in [0.25, 0.3) is 5.91 Å². The second-order valence-corrected chi connectivity index (χ2v) is 5.01. The Morgan fingerprint density at radius 1 is 1.37 bits per heavy atom. The molecular formula is C13H15BrN4O. The SMILES string of the molecule is NCCn1cnc(C(=O)NCc2ccc(Br)cc2)c1. The van der Waals surface area contributed by atoms with E-state index in [1.54, 1.807) is 17.1 Å². The summed E-state index contributed by atoms with van der Waals surface area (Å²) < 4.78 is 2.82. The fraction of sp³-hybridized carbons (Fsp3) is 0.231. The number of carbonyl (C=O) groups is 1. The van der Waals surface area contributed by atoms with Gasteiger partial charge in [-0.3, -0.25) is 4.79 Å². The lowest BCUT2D eigenvalue weighted by Crippen LogP contribution is -2.23. The number of hydrogen-bond acceptors (Lipinski definition) is 3. The van der Waals surface area contributed by atoms with Crippen molar-refractivity contribution in [2.75, 3.05) is 6.54 Å². The van der Waals surface area contributed by atoms with E-state index in [-0.39, 0.29) is 5.91 Å². The molecule has 0 saturated carbocycles. The van der Waals surface area contributed by atoms with Gasteiger partial charge < -0.3 is 15.6 Å². The molecule has 100 valence electrons. The standard InChI is InChI=1S/C13H15BrN4O/c14-11-3-1-10(2-4-11)7-16-13(19)12-8-18(6-5-15)9-17-12/h1-4,8-9H,5-7,15H2,(H,16,19). The van der Waals surface area contributed by atoms with Gasteiger partial charge in [0.2, 0.25) is 0 Å². The molecule has 0 aliphatic heterocycles. The van der Waals surface area contributed by atoms with Crippen LogP contribution in [-0.2, 0) is 13.1 Å². The average molecular weight is 323 g/mol. The molecule has 0 saturated heterocycles. The first kappa shape index (κ1) is 13.8. The second-order valence-electron chi connectivity index (χ2n) is 4.09.